The molecule has 0 radical (unpaired) electrons. The first-order valence-electron chi connectivity index (χ1n) is 14.1. The highest BCUT2D eigenvalue weighted by Crippen LogP contribution is 2.35. The second-order valence-corrected chi connectivity index (χ2v) is 11.9. The van der Waals surface area contributed by atoms with Gasteiger partial charge in [-0.05, 0) is 46.8 Å². The van der Waals surface area contributed by atoms with Crippen molar-refractivity contribution in [1.82, 2.24) is 25.1 Å². The Labute approximate surface area is 263 Å². The summed E-state index contributed by atoms with van der Waals surface area (Å²) in [6.07, 6.45) is 0.895. The van der Waals surface area contributed by atoms with Gasteiger partial charge in [0, 0.05) is 12.1 Å². The van der Waals surface area contributed by atoms with Crippen molar-refractivity contribution in [2.24, 2.45) is 5.10 Å². The number of hydrogen-bond acceptors (Lipinski definition) is 8. The number of aromatic nitrogens is 3. The van der Waals surface area contributed by atoms with Crippen molar-refractivity contribution >= 4 is 40.6 Å². The fourth-order valence-corrected chi connectivity index (χ4v) is 6.52. The molecule has 0 saturated heterocycles. The van der Waals surface area contributed by atoms with E-state index < -0.39 is 0 Å². The van der Waals surface area contributed by atoms with Crippen LogP contribution in [0.3, 0.4) is 0 Å². The average molecular weight is 623 g/mol. The van der Waals surface area contributed by atoms with E-state index in [4.69, 9.17) is 9.84 Å². The summed E-state index contributed by atoms with van der Waals surface area (Å²) in [5.74, 6) is 1.19. The lowest BCUT2D eigenvalue weighted by atomic mass is 10.0. The van der Waals surface area contributed by atoms with Crippen LogP contribution in [0.1, 0.15) is 34.3 Å². The maximum absolute atomic E-state index is 13.7. The van der Waals surface area contributed by atoms with E-state index >= 15 is 0 Å². The van der Waals surface area contributed by atoms with E-state index in [1.165, 1.54) is 11.8 Å². The Morgan fingerprint density at radius 1 is 0.955 bits per heavy atom. The number of carbonyl (C=O) groups excluding carboxylic acids is 2. The third kappa shape index (κ3) is 6.74. The quantitative estimate of drug-likeness (QED) is 0.191. The fourth-order valence-electron chi connectivity index (χ4n) is 4.98. The van der Waals surface area contributed by atoms with Crippen molar-refractivity contribution in [3.05, 3.63) is 124 Å². The predicted molar refractivity (Wildman–Crippen MR) is 172 cm³/mol. The molecule has 0 fully saturated rings. The molecule has 3 heterocycles. The lowest BCUT2D eigenvalue weighted by Gasteiger charge is -2.22. The van der Waals surface area contributed by atoms with Crippen molar-refractivity contribution in [3.8, 4) is 11.4 Å². The van der Waals surface area contributed by atoms with E-state index in [0.29, 0.717) is 17.4 Å². The normalized spacial score (nSPS) is 14.3. The van der Waals surface area contributed by atoms with Gasteiger partial charge in [-0.1, -0.05) is 78.5 Å². The van der Waals surface area contributed by atoms with Gasteiger partial charge >= 0.3 is 0 Å². The largest absolute Gasteiger partial charge is 0.497 e. The maximum atomic E-state index is 13.7. The van der Waals surface area contributed by atoms with Gasteiger partial charge in [-0.2, -0.15) is 5.10 Å². The smallest absolute Gasteiger partial charge is 0.253 e. The third-order valence-corrected chi connectivity index (χ3v) is 9.00. The van der Waals surface area contributed by atoms with Gasteiger partial charge in [0.05, 0.1) is 42.5 Å². The molecule has 0 bridgehead atoms. The number of benzene rings is 3. The molecule has 2 amide bonds. The highest BCUT2D eigenvalue weighted by atomic mass is 32.2. The van der Waals surface area contributed by atoms with E-state index in [0.717, 1.165) is 33.2 Å². The van der Waals surface area contributed by atoms with E-state index in [1.807, 2.05) is 107 Å². The predicted octanol–water partition coefficient (Wildman–Crippen LogP) is 5.67. The molecular formula is C33H30N6O3S2. The molecule has 3 aromatic carbocycles. The number of thioether (sulfide) groups is 1. The molecule has 0 spiro atoms. The number of para-hydroxylation sites is 1. The Balaban J connectivity index is 1.20. The van der Waals surface area contributed by atoms with Gasteiger partial charge in [-0.3, -0.25) is 14.2 Å². The van der Waals surface area contributed by atoms with Crippen molar-refractivity contribution in [2.45, 2.75) is 30.6 Å². The van der Waals surface area contributed by atoms with E-state index in [1.54, 1.807) is 23.5 Å². The lowest BCUT2D eigenvalue weighted by molar-refractivity contribution is -0.130. The summed E-state index contributed by atoms with van der Waals surface area (Å²) >= 11 is 2.91. The molecule has 6 rings (SSSR count). The first-order chi connectivity index (χ1) is 21.6. The number of ether oxygens (including phenoxy) is 1. The van der Waals surface area contributed by atoms with Crippen molar-refractivity contribution in [1.29, 1.82) is 0 Å². The zero-order valence-corrected chi connectivity index (χ0v) is 25.6. The molecule has 44 heavy (non-hydrogen) atoms. The van der Waals surface area contributed by atoms with E-state index in [2.05, 4.69) is 15.5 Å². The van der Waals surface area contributed by atoms with Crippen LogP contribution in [0.25, 0.3) is 5.69 Å². The zero-order valence-electron chi connectivity index (χ0n) is 24.0. The number of thiophene rings is 1. The van der Waals surface area contributed by atoms with E-state index in [-0.39, 0.29) is 36.6 Å². The number of hydrogen-bond donors (Lipinski definition) is 1. The molecule has 5 aromatic rings. The van der Waals surface area contributed by atoms with Gasteiger partial charge in [0.25, 0.3) is 5.91 Å². The number of nitrogens with one attached hydrogen (secondary N) is 1. The molecule has 1 N–H and O–H groups in total. The standard InChI is InChI=1S/C33H30N6O3S2/c1-42-26-16-14-24(15-17-26)28-20-27(29-13-8-18-43-29)37-39(28)32(41)22-44-33-36-35-30(38(33)25-11-6-3-7-12-25)21-34-31(40)19-23-9-4-2-5-10-23/h2-18,28H,19-22H2,1H3,(H,34,40)/t28-/m1/s1. The highest BCUT2D eigenvalue weighted by Gasteiger charge is 2.33. The Morgan fingerprint density at radius 3 is 2.41 bits per heavy atom. The molecule has 11 heteroatoms. The summed E-state index contributed by atoms with van der Waals surface area (Å²) in [5, 5.41) is 20.7. The maximum Gasteiger partial charge on any atom is 0.253 e. The summed E-state index contributed by atoms with van der Waals surface area (Å²) in [7, 11) is 1.63. The van der Waals surface area contributed by atoms with Gasteiger partial charge in [0.1, 0.15) is 5.75 Å². The number of hydrazone groups is 1. The first-order valence-corrected chi connectivity index (χ1v) is 16.0. The molecule has 0 unspecified atom stereocenters. The van der Waals surface area contributed by atoms with Crippen LogP contribution in [0.5, 0.6) is 5.75 Å². The minimum absolute atomic E-state index is 0.110. The van der Waals surface area contributed by atoms with Crippen LogP contribution in [0.15, 0.2) is 113 Å². The van der Waals surface area contributed by atoms with Crippen LogP contribution in [-0.4, -0.2) is 50.2 Å². The molecule has 1 aliphatic rings. The Hall–Kier alpha value is -4.74. The van der Waals surface area contributed by atoms with Gasteiger partial charge < -0.3 is 10.1 Å². The van der Waals surface area contributed by atoms with Crippen molar-refractivity contribution in [3.63, 3.8) is 0 Å². The van der Waals surface area contributed by atoms with Crippen LogP contribution in [0.4, 0.5) is 0 Å². The van der Waals surface area contributed by atoms with Gasteiger partial charge in [-0.25, -0.2) is 5.01 Å². The molecule has 1 atom stereocenters. The summed E-state index contributed by atoms with van der Waals surface area (Å²) in [5.41, 5.74) is 3.65. The second kappa shape index (κ2) is 13.7. The molecular weight excluding hydrogens is 593 g/mol. The minimum atomic E-state index is -0.228. The Bertz CT molecular complexity index is 1740. The summed E-state index contributed by atoms with van der Waals surface area (Å²) in [4.78, 5) is 27.5. The Morgan fingerprint density at radius 2 is 1.70 bits per heavy atom. The fraction of sp³-hybridized carbons (Fsp3) is 0.182. The molecule has 0 saturated carbocycles. The topological polar surface area (TPSA) is 102 Å². The first kappa shape index (κ1) is 29.3. The summed E-state index contributed by atoms with van der Waals surface area (Å²) in [6.45, 7) is 0.197. The SMILES string of the molecule is COc1ccc([C@H]2CC(c3cccs3)=NN2C(=O)CSc2nnc(CNC(=O)Cc3ccccc3)n2-c2ccccc2)cc1. The average Bonchev–Trinajstić information content (AvgIpc) is 3.84. The second-order valence-electron chi connectivity index (χ2n) is 10.1. The van der Waals surface area contributed by atoms with Crippen LogP contribution < -0.4 is 10.1 Å². The van der Waals surface area contributed by atoms with Gasteiger partial charge in [-0.15, -0.1) is 21.5 Å². The molecule has 1 aliphatic heterocycles. The molecule has 222 valence electrons. The number of carbonyl (C=O) groups is 2. The number of rotatable bonds is 11. The van der Waals surface area contributed by atoms with Crippen LogP contribution in [0, 0.1) is 0 Å². The highest BCUT2D eigenvalue weighted by molar-refractivity contribution is 7.99. The Kier molecular flexibility index (Phi) is 9.14. The number of amides is 2. The van der Waals surface area contributed by atoms with Gasteiger partial charge in [0.15, 0.2) is 11.0 Å². The monoisotopic (exact) mass is 622 g/mol. The molecule has 0 aliphatic carbocycles. The van der Waals surface area contributed by atoms with Gasteiger partial charge in [0.2, 0.25) is 5.91 Å². The summed E-state index contributed by atoms with van der Waals surface area (Å²) in [6, 6.07) is 30.8. The van der Waals surface area contributed by atoms with Crippen molar-refractivity contribution in [2.75, 3.05) is 12.9 Å². The van der Waals surface area contributed by atoms with Crippen molar-refractivity contribution < 1.29 is 14.3 Å². The van der Waals surface area contributed by atoms with Crippen LogP contribution >= 0.6 is 23.1 Å². The van der Waals surface area contributed by atoms with Crippen LogP contribution in [0.2, 0.25) is 0 Å². The minimum Gasteiger partial charge on any atom is -0.497 e. The molecule has 2 aromatic heterocycles. The zero-order chi connectivity index (χ0) is 30.3. The molecule has 9 nitrogen and oxygen atoms in total. The van der Waals surface area contributed by atoms with E-state index in [9.17, 15) is 9.59 Å². The third-order valence-electron chi connectivity index (χ3n) is 7.16. The van der Waals surface area contributed by atoms with Crippen LogP contribution in [-0.2, 0) is 22.6 Å². The number of methoxy groups -OCH3 is 1. The number of nitrogens with zero attached hydrogens (tertiary/aromatic N) is 5. The lowest BCUT2D eigenvalue weighted by Crippen LogP contribution is -2.28. The summed E-state index contributed by atoms with van der Waals surface area (Å²) < 4.78 is 7.21.